The molecular weight excluding hydrogens is 236 g/mol. The average molecular weight is 258 g/mol. The van der Waals surface area contributed by atoms with Gasteiger partial charge in [-0.05, 0) is 19.8 Å². The Morgan fingerprint density at radius 1 is 1.44 bits per heavy atom. The first-order chi connectivity index (χ1) is 8.61. The predicted molar refractivity (Wildman–Crippen MR) is 65.9 cm³/mol. The van der Waals surface area contributed by atoms with Crippen LogP contribution in [-0.2, 0) is 14.3 Å². The first-order valence-corrected chi connectivity index (χ1v) is 6.45. The summed E-state index contributed by atoms with van der Waals surface area (Å²) in [4.78, 5) is 22.4. The zero-order chi connectivity index (χ0) is 13.4. The molecule has 1 amide bonds. The number of ether oxygens (including phenoxy) is 1. The fraction of sp³-hybridized carbons (Fsp3) is 0.833. The predicted octanol–water partition coefficient (Wildman–Crippen LogP) is -0.441. The van der Waals surface area contributed by atoms with Crippen molar-refractivity contribution in [2.45, 2.75) is 44.8 Å². The highest BCUT2D eigenvalue weighted by Crippen LogP contribution is 2.18. The summed E-state index contributed by atoms with van der Waals surface area (Å²) in [5.41, 5.74) is 0. The number of aliphatic hydroxyl groups excluding tert-OH is 1. The monoisotopic (exact) mass is 258 g/mol. The van der Waals surface area contributed by atoms with Gasteiger partial charge in [-0.1, -0.05) is 0 Å². The zero-order valence-electron chi connectivity index (χ0n) is 10.8. The van der Waals surface area contributed by atoms with Gasteiger partial charge in [-0.15, -0.1) is 0 Å². The summed E-state index contributed by atoms with van der Waals surface area (Å²) >= 11 is 0. The molecule has 0 radical (unpaired) electrons. The second-order valence-corrected chi connectivity index (χ2v) is 4.46. The first kappa shape index (κ1) is 14.9. The van der Waals surface area contributed by atoms with Crippen molar-refractivity contribution >= 4 is 11.9 Å². The van der Waals surface area contributed by atoms with Crippen molar-refractivity contribution in [1.82, 2.24) is 10.6 Å². The molecule has 6 heteroatoms. The van der Waals surface area contributed by atoms with Crippen LogP contribution in [-0.4, -0.2) is 48.8 Å². The maximum Gasteiger partial charge on any atom is 0.308 e. The summed E-state index contributed by atoms with van der Waals surface area (Å²) in [7, 11) is 0. The number of esters is 1. The summed E-state index contributed by atoms with van der Waals surface area (Å²) in [6, 6.07) is 0.381. The number of carbonyl (C=O) groups excluding carboxylic acids is 2. The molecule has 0 aromatic carbocycles. The quantitative estimate of drug-likeness (QED) is 0.385. The van der Waals surface area contributed by atoms with E-state index in [4.69, 9.17) is 4.74 Å². The number of aliphatic hydroxyl groups is 1. The van der Waals surface area contributed by atoms with Gasteiger partial charge < -0.3 is 20.5 Å². The van der Waals surface area contributed by atoms with Crippen molar-refractivity contribution in [1.29, 1.82) is 0 Å². The van der Waals surface area contributed by atoms with E-state index in [0.29, 0.717) is 25.6 Å². The van der Waals surface area contributed by atoms with Crippen molar-refractivity contribution < 1.29 is 19.4 Å². The fourth-order valence-electron chi connectivity index (χ4n) is 1.48. The second-order valence-electron chi connectivity index (χ2n) is 4.46. The van der Waals surface area contributed by atoms with Crippen molar-refractivity contribution in [3.8, 4) is 0 Å². The van der Waals surface area contributed by atoms with Crippen LogP contribution in [0.15, 0.2) is 0 Å². The summed E-state index contributed by atoms with van der Waals surface area (Å²) in [5.74, 6) is -0.372. The first-order valence-electron chi connectivity index (χ1n) is 6.45. The molecule has 1 aliphatic carbocycles. The minimum Gasteiger partial charge on any atom is -0.466 e. The molecule has 0 aromatic rings. The molecule has 0 aromatic heterocycles. The molecule has 3 N–H and O–H groups in total. The summed E-state index contributed by atoms with van der Waals surface area (Å²) in [6.07, 6.45) is 1.77. The third-order valence-corrected chi connectivity index (χ3v) is 2.56. The Morgan fingerprint density at radius 2 is 2.17 bits per heavy atom. The minimum absolute atomic E-state index is 0.0187. The van der Waals surface area contributed by atoms with Crippen LogP contribution < -0.4 is 10.6 Å². The van der Waals surface area contributed by atoms with Crippen LogP contribution in [0.2, 0.25) is 0 Å². The number of hydrogen-bond donors (Lipinski definition) is 3. The topological polar surface area (TPSA) is 87.7 Å². The number of rotatable bonds is 9. The molecule has 1 unspecified atom stereocenters. The van der Waals surface area contributed by atoms with E-state index < -0.39 is 12.1 Å². The van der Waals surface area contributed by atoms with E-state index in [0.717, 1.165) is 12.8 Å². The van der Waals surface area contributed by atoms with E-state index in [1.54, 1.807) is 6.92 Å². The Labute approximate surface area is 107 Å². The fourth-order valence-corrected chi connectivity index (χ4v) is 1.48. The van der Waals surface area contributed by atoms with Gasteiger partial charge in [-0.25, -0.2) is 0 Å². The largest absolute Gasteiger partial charge is 0.466 e. The molecule has 0 saturated heterocycles. The van der Waals surface area contributed by atoms with Crippen LogP contribution in [0.1, 0.15) is 32.6 Å². The van der Waals surface area contributed by atoms with Crippen LogP contribution in [0.3, 0.4) is 0 Å². The molecular formula is C12H22N2O4. The smallest absolute Gasteiger partial charge is 0.308 e. The van der Waals surface area contributed by atoms with Gasteiger partial charge in [-0.2, -0.15) is 0 Å². The lowest BCUT2D eigenvalue weighted by Crippen LogP contribution is -2.33. The lowest BCUT2D eigenvalue weighted by molar-refractivity contribution is -0.145. The van der Waals surface area contributed by atoms with Crippen molar-refractivity contribution in [2.75, 3.05) is 19.7 Å². The second kappa shape index (κ2) is 8.05. The van der Waals surface area contributed by atoms with E-state index in [9.17, 15) is 14.7 Å². The van der Waals surface area contributed by atoms with E-state index in [2.05, 4.69) is 10.6 Å². The zero-order valence-corrected chi connectivity index (χ0v) is 10.8. The number of nitrogens with one attached hydrogen (secondary N) is 2. The van der Waals surface area contributed by atoms with Crippen molar-refractivity contribution in [2.24, 2.45) is 0 Å². The van der Waals surface area contributed by atoms with Crippen LogP contribution >= 0.6 is 0 Å². The highest BCUT2D eigenvalue weighted by Gasteiger charge is 2.22. The molecule has 6 nitrogen and oxygen atoms in total. The highest BCUT2D eigenvalue weighted by molar-refractivity contribution is 5.76. The average Bonchev–Trinajstić information content (AvgIpc) is 3.08. The van der Waals surface area contributed by atoms with E-state index in [1.165, 1.54) is 0 Å². The molecule has 104 valence electrons. The Hall–Kier alpha value is -1.14. The third kappa shape index (κ3) is 7.24. The van der Waals surface area contributed by atoms with Gasteiger partial charge in [0.1, 0.15) is 0 Å². The van der Waals surface area contributed by atoms with Crippen LogP contribution in [0, 0.1) is 0 Å². The molecule has 18 heavy (non-hydrogen) atoms. The molecule has 1 saturated carbocycles. The van der Waals surface area contributed by atoms with Gasteiger partial charge >= 0.3 is 5.97 Å². The molecule has 0 spiro atoms. The Kier molecular flexibility index (Phi) is 6.67. The standard InChI is InChI=1S/C12H22N2O4/c1-2-18-12(17)7-10(15)8-13-6-5-11(16)14-9-3-4-9/h9-10,13,15H,2-8H2,1H3,(H,14,16). The number of carbonyl (C=O) groups is 2. The maximum atomic E-state index is 11.3. The number of hydrogen-bond acceptors (Lipinski definition) is 5. The van der Waals surface area contributed by atoms with Gasteiger partial charge in [-0.3, -0.25) is 9.59 Å². The SMILES string of the molecule is CCOC(=O)CC(O)CNCCC(=O)NC1CC1. The van der Waals surface area contributed by atoms with Crippen LogP contribution in [0.4, 0.5) is 0 Å². The van der Waals surface area contributed by atoms with Gasteiger partial charge in [0.15, 0.2) is 0 Å². The van der Waals surface area contributed by atoms with Gasteiger partial charge in [0.25, 0.3) is 0 Å². The van der Waals surface area contributed by atoms with Gasteiger partial charge in [0.05, 0.1) is 19.1 Å². The van der Waals surface area contributed by atoms with E-state index in [-0.39, 0.29) is 18.9 Å². The number of amides is 1. The van der Waals surface area contributed by atoms with Crippen LogP contribution in [0.5, 0.6) is 0 Å². The Morgan fingerprint density at radius 3 is 2.78 bits per heavy atom. The maximum absolute atomic E-state index is 11.3. The molecule has 0 aliphatic heterocycles. The highest BCUT2D eigenvalue weighted by atomic mass is 16.5. The lowest BCUT2D eigenvalue weighted by atomic mass is 10.2. The van der Waals surface area contributed by atoms with E-state index >= 15 is 0 Å². The van der Waals surface area contributed by atoms with Crippen molar-refractivity contribution in [3.05, 3.63) is 0 Å². The van der Waals surface area contributed by atoms with Gasteiger partial charge in [0.2, 0.25) is 5.91 Å². The van der Waals surface area contributed by atoms with Crippen LogP contribution in [0.25, 0.3) is 0 Å². The van der Waals surface area contributed by atoms with Crippen molar-refractivity contribution in [3.63, 3.8) is 0 Å². The summed E-state index contributed by atoms with van der Waals surface area (Å²) in [6.45, 7) is 2.83. The molecule has 1 atom stereocenters. The Balaban J connectivity index is 1.95. The molecule has 0 bridgehead atoms. The normalized spacial score (nSPS) is 16.1. The molecule has 1 fully saturated rings. The van der Waals surface area contributed by atoms with Gasteiger partial charge in [0, 0.05) is 25.6 Å². The molecule has 1 aliphatic rings. The minimum atomic E-state index is -0.768. The Bertz CT molecular complexity index is 279. The summed E-state index contributed by atoms with van der Waals surface area (Å²) < 4.78 is 4.72. The third-order valence-electron chi connectivity index (χ3n) is 2.56. The summed E-state index contributed by atoms with van der Waals surface area (Å²) in [5, 5.41) is 15.3. The van der Waals surface area contributed by atoms with E-state index in [1.807, 2.05) is 0 Å². The lowest BCUT2D eigenvalue weighted by Gasteiger charge is -2.11. The molecule has 1 rings (SSSR count). The molecule has 0 heterocycles.